The zero-order chi connectivity index (χ0) is 11.3. The number of Topliss-reactive ketones (excluding diaryl/α,β-unsaturated/α-hetero) is 1. The van der Waals surface area contributed by atoms with Gasteiger partial charge in [0.15, 0.2) is 4.99 Å². The molecule has 5 nitrogen and oxygen atoms in total. The molecular formula is C9H14N2O3S. The minimum Gasteiger partial charge on any atom is -0.465 e. The summed E-state index contributed by atoms with van der Waals surface area (Å²) < 4.78 is 0. The number of nitrogens with one attached hydrogen (secondary N) is 1. The molecule has 0 saturated carbocycles. The molecule has 1 amide bonds. The predicted octanol–water partition coefficient (Wildman–Crippen LogP) is 1.48. The molecule has 84 valence electrons. The first-order chi connectivity index (χ1) is 7.08. The lowest BCUT2D eigenvalue weighted by Gasteiger charge is -2.24. The highest BCUT2D eigenvalue weighted by Gasteiger charge is 2.36. The van der Waals surface area contributed by atoms with E-state index in [1.165, 1.54) is 11.8 Å². The molecule has 1 rings (SSSR count). The first-order valence-electron chi connectivity index (χ1n) is 4.78. The van der Waals surface area contributed by atoms with Crippen molar-refractivity contribution in [3.8, 4) is 0 Å². The van der Waals surface area contributed by atoms with Crippen LogP contribution in [0.1, 0.15) is 26.2 Å². The number of ketones is 1. The predicted molar refractivity (Wildman–Crippen MR) is 59.4 cm³/mol. The third-order valence-corrected chi connectivity index (χ3v) is 3.11. The lowest BCUT2D eigenvalue weighted by Crippen LogP contribution is -2.43. The van der Waals surface area contributed by atoms with E-state index in [4.69, 9.17) is 5.11 Å². The van der Waals surface area contributed by atoms with Crippen LogP contribution in [0.4, 0.5) is 4.79 Å². The van der Waals surface area contributed by atoms with Crippen LogP contribution in [-0.2, 0) is 4.79 Å². The molecule has 2 N–H and O–H groups in total. The molecule has 0 bridgehead atoms. The van der Waals surface area contributed by atoms with Crippen LogP contribution in [0.15, 0.2) is 4.99 Å². The number of nitrogens with zero attached hydrogens (tertiary/aromatic N) is 1. The number of aliphatic imine (C=N–C) groups is 1. The van der Waals surface area contributed by atoms with Crippen molar-refractivity contribution in [2.24, 2.45) is 4.99 Å². The van der Waals surface area contributed by atoms with Gasteiger partial charge in [-0.2, -0.15) is 0 Å². The minimum absolute atomic E-state index is 0.0396. The van der Waals surface area contributed by atoms with E-state index in [0.29, 0.717) is 12.2 Å². The molecule has 0 radical (unpaired) electrons. The monoisotopic (exact) mass is 230 g/mol. The topological polar surface area (TPSA) is 78.8 Å². The molecule has 0 aromatic carbocycles. The highest BCUT2D eigenvalue weighted by atomic mass is 32.2. The second-order valence-corrected chi connectivity index (χ2v) is 4.60. The lowest BCUT2D eigenvalue weighted by molar-refractivity contribution is -0.119. The Labute approximate surface area is 92.3 Å². The molecule has 1 atom stereocenters. The Kier molecular flexibility index (Phi) is 4.14. The van der Waals surface area contributed by atoms with Gasteiger partial charge in [0.2, 0.25) is 0 Å². The molecule has 0 aliphatic carbocycles. The molecule has 1 heterocycles. The molecule has 15 heavy (non-hydrogen) atoms. The van der Waals surface area contributed by atoms with Gasteiger partial charge in [-0.1, -0.05) is 6.92 Å². The second kappa shape index (κ2) is 5.16. The maximum absolute atomic E-state index is 11.5. The Morgan fingerprint density at radius 3 is 2.87 bits per heavy atom. The van der Waals surface area contributed by atoms with E-state index in [0.717, 1.165) is 6.42 Å². The fourth-order valence-corrected chi connectivity index (χ4v) is 2.40. The van der Waals surface area contributed by atoms with Gasteiger partial charge < -0.3 is 5.11 Å². The van der Waals surface area contributed by atoms with E-state index in [-0.39, 0.29) is 12.2 Å². The summed E-state index contributed by atoms with van der Waals surface area (Å²) in [5.74, 6) is 0.678. The summed E-state index contributed by atoms with van der Waals surface area (Å²) in [6.07, 6.45) is 1.87. The van der Waals surface area contributed by atoms with Gasteiger partial charge in [0.25, 0.3) is 0 Å². The fourth-order valence-electron chi connectivity index (χ4n) is 1.41. The van der Waals surface area contributed by atoms with Gasteiger partial charge in [0.1, 0.15) is 5.78 Å². The number of thioether (sulfide) groups is 1. The normalized spacial score (nSPS) is 24.1. The van der Waals surface area contributed by atoms with Crippen LogP contribution in [-0.4, -0.2) is 33.9 Å². The van der Waals surface area contributed by atoms with Gasteiger partial charge in [0.05, 0.1) is 6.42 Å². The lowest BCUT2D eigenvalue weighted by atomic mass is 10.1. The molecular weight excluding hydrogens is 216 g/mol. The van der Waals surface area contributed by atoms with Crippen LogP contribution in [0.5, 0.6) is 0 Å². The minimum atomic E-state index is -1.15. The molecule has 1 aliphatic heterocycles. The summed E-state index contributed by atoms with van der Waals surface area (Å²) in [5, 5.41) is 11.0. The van der Waals surface area contributed by atoms with Gasteiger partial charge >= 0.3 is 6.09 Å². The Balaban J connectivity index is 2.61. The van der Waals surface area contributed by atoms with Crippen molar-refractivity contribution in [1.82, 2.24) is 5.32 Å². The van der Waals surface area contributed by atoms with E-state index in [2.05, 4.69) is 10.3 Å². The van der Waals surface area contributed by atoms with Crippen molar-refractivity contribution >= 4 is 29.9 Å². The van der Waals surface area contributed by atoms with Crippen molar-refractivity contribution < 1.29 is 14.7 Å². The molecule has 0 spiro atoms. The zero-order valence-corrected chi connectivity index (χ0v) is 9.34. The van der Waals surface area contributed by atoms with Crippen LogP contribution < -0.4 is 5.32 Å². The first-order valence-corrected chi connectivity index (χ1v) is 5.77. The SMILES string of the molecule is CCCC(=O)CC1(NC(=O)O)N=CCS1. The molecule has 1 aliphatic rings. The standard InChI is InChI=1S/C9H14N2O3S/c1-2-3-7(12)6-9(11-8(13)14)10-4-5-15-9/h4,11H,2-3,5-6H2,1H3,(H,13,14). The number of carbonyl (C=O) groups is 2. The van der Waals surface area contributed by atoms with Gasteiger partial charge in [-0.05, 0) is 6.42 Å². The van der Waals surface area contributed by atoms with Gasteiger partial charge in [-0.15, -0.1) is 11.8 Å². The van der Waals surface area contributed by atoms with E-state index in [1.807, 2.05) is 6.92 Å². The zero-order valence-electron chi connectivity index (χ0n) is 8.52. The van der Waals surface area contributed by atoms with Crippen molar-refractivity contribution in [2.45, 2.75) is 31.2 Å². The summed E-state index contributed by atoms with van der Waals surface area (Å²) in [7, 11) is 0. The first kappa shape index (κ1) is 12.0. The Morgan fingerprint density at radius 2 is 2.40 bits per heavy atom. The number of hydrogen-bond donors (Lipinski definition) is 2. The highest BCUT2D eigenvalue weighted by molar-refractivity contribution is 8.01. The van der Waals surface area contributed by atoms with Gasteiger partial charge in [-0.3, -0.25) is 15.1 Å². The van der Waals surface area contributed by atoms with Crippen LogP contribution in [0.3, 0.4) is 0 Å². The van der Waals surface area contributed by atoms with Crippen LogP contribution in [0.25, 0.3) is 0 Å². The largest absolute Gasteiger partial charge is 0.465 e. The summed E-state index contributed by atoms with van der Waals surface area (Å²) >= 11 is 1.34. The maximum Gasteiger partial charge on any atom is 0.407 e. The van der Waals surface area contributed by atoms with Crippen LogP contribution in [0, 0.1) is 0 Å². The highest BCUT2D eigenvalue weighted by Crippen LogP contribution is 2.32. The number of hydrogen-bond acceptors (Lipinski definition) is 4. The number of carbonyl (C=O) groups excluding carboxylic acids is 1. The van der Waals surface area contributed by atoms with Crippen molar-refractivity contribution in [1.29, 1.82) is 0 Å². The van der Waals surface area contributed by atoms with E-state index in [1.54, 1.807) is 6.21 Å². The van der Waals surface area contributed by atoms with Crippen molar-refractivity contribution in [3.63, 3.8) is 0 Å². The quantitative estimate of drug-likeness (QED) is 0.750. The van der Waals surface area contributed by atoms with E-state index >= 15 is 0 Å². The molecule has 1 unspecified atom stereocenters. The molecule has 0 saturated heterocycles. The summed E-state index contributed by atoms with van der Waals surface area (Å²) in [6.45, 7) is 1.92. The summed E-state index contributed by atoms with van der Waals surface area (Å²) in [4.78, 5) is 25.1. The number of rotatable bonds is 5. The van der Waals surface area contributed by atoms with Crippen molar-refractivity contribution in [2.75, 3.05) is 5.75 Å². The Morgan fingerprint density at radius 1 is 1.67 bits per heavy atom. The molecule has 0 fully saturated rings. The number of amides is 1. The van der Waals surface area contributed by atoms with Gasteiger partial charge in [-0.25, -0.2) is 4.79 Å². The smallest absolute Gasteiger partial charge is 0.407 e. The Hall–Kier alpha value is -1.04. The summed E-state index contributed by atoms with van der Waals surface area (Å²) in [5.41, 5.74) is 0. The van der Waals surface area contributed by atoms with Crippen LogP contribution in [0.2, 0.25) is 0 Å². The van der Waals surface area contributed by atoms with E-state index in [9.17, 15) is 9.59 Å². The fraction of sp³-hybridized carbons (Fsp3) is 0.667. The second-order valence-electron chi connectivity index (χ2n) is 3.30. The third-order valence-electron chi connectivity index (χ3n) is 1.96. The summed E-state index contributed by atoms with van der Waals surface area (Å²) in [6, 6.07) is 0. The molecule has 0 aromatic heterocycles. The molecule has 6 heteroatoms. The third kappa shape index (κ3) is 3.54. The number of carboxylic acid groups (broad SMARTS) is 1. The van der Waals surface area contributed by atoms with E-state index < -0.39 is 11.1 Å². The average Bonchev–Trinajstić information content (AvgIpc) is 2.51. The molecule has 0 aromatic rings. The van der Waals surface area contributed by atoms with Crippen molar-refractivity contribution in [3.05, 3.63) is 0 Å². The average molecular weight is 230 g/mol. The Bertz CT molecular complexity index is 293. The van der Waals surface area contributed by atoms with Gasteiger partial charge in [0, 0.05) is 18.4 Å². The maximum atomic E-state index is 11.5. The van der Waals surface area contributed by atoms with Crippen LogP contribution >= 0.6 is 11.8 Å².